The highest BCUT2D eigenvalue weighted by molar-refractivity contribution is 5.60. The first kappa shape index (κ1) is 9.74. The van der Waals surface area contributed by atoms with Crippen molar-refractivity contribution in [2.24, 2.45) is 0 Å². The molecule has 0 saturated carbocycles. The van der Waals surface area contributed by atoms with Crippen LogP contribution in [0.2, 0.25) is 0 Å². The van der Waals surface area contributed by atoms with Crippen LogP contribution in [0.5, 0.6) is 17.2 Å². The highest BCUT2D eigenvalue weighted by atomic mass is 16.7. The zero-order valence-corrected chi connectivity index (χ0v) is 8.93. The second kappa shape index (κ2) is 3.26. The Hall–Kier alpha value is -1.46. The van der Waals surface area contributed by atoms with E-state index in [1.807, 2.05) is 11.9 Å². The van der Waals surface area contributed by atoms with E-state index in [0.29, 0.717) is 24.6 Å². The molecule has 2 aliphatic rings. The molecule has 0 radical (unpaired) electrons. The number of phenols is 1. The molecule has 2 N–H and O–H groups in total. The lowest BCUT2D eigenvalue weighted by Crippen LogP contribution is -2.30. The van der Waals surface area contributed by atoms with E-state index in [2.05, 4.69) is 0 Å². The Labute approximate surface area is 92.8 Å². The van der Waals surface area contributed by atoms with Crippen molar-refractivity contribution in [3.05, 3.63) is 17.2 Å². The van der Waals surface area contributed by atoms with Crippen LogP contribution in [0, 0.1) is 0 Å². The number of ether oxygens (including phenoxy) is 2. The van der Waals surface area contributed by atoms with Crippen LogP contribution in [-0.2, 0) is 6.54 Å². The van der Waals surface area contributed by atoms with Crippen molar-refractivity contribution in [3.8, 4) is 17.2 Å². The van der Waals surface area contributed by atoms with Crippen LogP contribution in [0.1, 0.15) is 17.2 Å². The van der Waals surface area contributed by atoms with E-state index in [1.54, 1.807) is 6.07 Å². The molecule has 0 bridgehead atoms. The molecule has 0 saturated heterocycles. The summed E-state index contributed by atoms with van der Waals surface area (Å²) in [6, 6.07) is 1.76. The standard InChI is InChI=1S/C11H13NO4/c1-12-3-7-6(8(13)4-12)2-9-11(10(7)14)16-5-15-9/h2,8,13-14H,3-5H2,1H3. The third-order valence-corrected chi connectivity index (χ3v) is 3.05. The lowest BCUT2D eigenvalue weighted by molar-refractivity contribution is 0.106. The van der Waals surface area contributed by atoms with Crippen molar-refractivity contribution >= 4 is 0 Å². The number of rotatable bonds is 0. The molecule has 5 nitrogen and oxygen atoms in total. The van der Waals surface area contributed by atoms with Crippen LogP contribution >= 0.6 is 0 Å². The van der Waals surface area contributed by atoms with E-state index in [4.69, 9.17) is 9.47 Å². The smallest absolute Gasteiger partial charge is 0.231 e. The molecule has 0 spiro atoms. The van der Waals surface area contributed by atoms with E-state index in [1.165, 1.54) is 0 Å². The number of β-amino-alcohol motifs (C(OH)–C–C–N with tert-alkyl or cyclic N) is 1. The number of fused-ring (bicyclic) bond motifs is 2. The summed E-state index contributed by atoms with van der Waals surface area (Å²) >= 11 is 0. The van der Waals surface area contributed by atoms with Gasteiger partial charge in [-0.25, -0.2) is 0 Å². The summed E-state index contributed by atoms with van der Waals surface area (Å²) < 4.78 is 10.4. The number of hydrogen-bond acceptors (Lipinski definition) is 5. The Morgan fingerprint density at radius 2 is 2.25 bits per heavy atom. The van der Waals surface area contributed by atoms with Crippen molar-refractivity contribution in [2.75, 3.05) is 20.4 Å². The number of aromatic hydroxyl groups is 1. The summed E-state index contributed by atoms with van der Waals surface area (Å²) in [5, 5.41) is 20.0. The minimum Gasteiger partial charge on any atom is -0.504 e. The molecule has 5 heteroatoms. The zero-order valence-electron chi connectivity index (χ0n) is 8.93. The first-order valence-corrected chi connectivity index (χ1v) is 5.17. The Morgan fingerprint density at radius 3 is 3.06 bits per heavy atom. The quantitative estimate of drug-likeness (QED) is 0.674. The largest absolute Gasteiger partial charge is 0.504 e. The second-order valence-corrected chi connectivity index (χ2v) is 4.24. The summed E-state index contributed by atoms with van der Waals surface area (Å²) in [7, 11) is 1.90. The van der Waals surface area contributed by atoms with E-state index in [9.17, 15) is 10.2 Å². The minimum absolute atomic E-state index is 0.0931. The van der Waals surface area contributed by atoms with Gasteiger partial charge in [-0.15, -0.1) is 0 Å². The van der Waals surface area contributed by atoms with E-state index >= 15 is 0 Å². The number of phenolic OH excluding ortho intramolecular Hbond substituents is 1. The number of aliphatic hydroxyl groups is 1. The highest BCUT2D eigenvalue weighted by Crippen LogP contribution is 2.47. The van der Waals surface area contributed by atoms with Gasteiger partial charge in [0.1, 0.15) is 0 Å². The maximum atomic E-state index is 10.0. The molecule has 0 aliphatic carbocycles. The molecule has 1 atom stereocenters. The molecule has 1 aromatic rings. The average Bonchev–Trinajstić information content (AvgIpc) is 2.68. The number of aliphatic hydroxyl groups excluding tert-OH is 1. The minimum atomic E-state index is -0.589. The zero-order chi connectivity index (χ0) is 11.3. The van der Waals surface area contributed by atoms with Gasteiger partial charge in [0.2, 0.25) is 12.5 Å². The van der Waals surface area contributed by atoms with Gasteiger partial charge in [0, 0.05) is 18.7 Å². The van der Waals surface area contributed by atoms with Gasteiger partial charge in [0.05, 0.1) is 6.10 Å². The molecule has 0 aromatic heterocycles. The van der Waals surface area contributed by atoms with Crippen molar-refractivity contribution in [2.45, 2.75) is 12.6 Å². The Kier molecular flexibility index (Phi) is 1.99. The fourth-order valence-corrected chi connectivity index (χ4v) is 2.27. The Morgan fingerprint density at radius 1 is 1.44 bits per heavy atom. The lowest BCUT2D eigenvalue weighted by atomic mass is 9.96. The van der Waals surface area contributed by atoms with Crippen LogP contribution in [-0.4, -0.2) is 35.5 Å². The molecular weight excluding hydrogens is 210 g/mol. The molecule has 0 fully saturated rings. The van der Waals surface area contributed by atoms with Gasteiger partial charge < -0.3 is 19.7 Å². The third-order valence-electron chi connectivity index (χ3n) is 3.05. The van der Waals surface area contributed by atoms with Crippen LogP contribution in [0.3, 0.4) is 0 Å². The van der Waals surface area contributed by atoms with E-state index in [-0.39, 0.29) is 12.5 Å². The summed E-state index contributed by atoms with van der Waals surface area (Å²) in [5.41, 5.74) is 1.46. The van der Waals surface area contributed by atoms with Gasteiger partial charge in [-0.1, -0.05) is 0 Å². The summed E-state index contributed by atoms with van der Waals surface area (Å²) in [4.78, 5) is 1.95. The van der Waals surface area contributed by atoms with Crippen LogP contribution in [0.15, 0.2) is 6.07 Å². The molecule has 1 aromatic carbocycles. The molecule has 3 rings (SSSR count). The average molecular weight is 223 g/mol. The monoisotopic (exact) mass is 223 g/mol. The van der Waals surface area contributed by atoms with Crippen LogP contribution in [0.4, 0.5) is 0 Å². The van der Waals surface area contributed by atoms with E-state index in [0.717, 1.165) is 11.1 Å². The van der Waals surface area contributed by atoms with Gasteiger partial charge in [0.15, 0.2) is 11.5 Å². The Balaban J connectivity index is 2.18. The van der Waals surface area contributed by atoms with Gasteiger partial charge in [-0.3, -0.25) is 4.90 Å². The number of benzene rings is 1. The third kappa shape index (κ3) is 1.25. The van der Waals surface area contributed by atoms with E-state index < -0.39 is 6.10 Å². The molecular formula is C11H13NO4. The van der Waals surface area contributed by atoms with Gasteiger partial charge >= 0.3 is 0 Å². The van der Waals surface area contributed by atoms with Crippen molar-refractivity contribution < 1.29 is 19.7 Å². The fraction of sp³-hybridized carbons (Fsp3) is 0.455. The van der Waals surface area contributed by atoms with Gasteiger partial charge in [-0.05, 0) is 18.7 Å². The number of likely N-dealkylation sites (N-methyl/N-ethyl adjacent to an activating group) is 1. The molecule has 1 unspecified atom stereocenters. The second-order valence-electron chi connectivity index (χ2n) is 4.24. The highest BCUT2D eigenvalue weighted by Gasteiger charge is 2.30. The van der Waals surface area contributed by atoms with Crippen LogP contribution in [0.25, 0.3) is 0 Å². The first-order chi connectivity index (χ1) is 7.66. The summed E-state index contributed by atoms with van der Waals surface area (Å²) in [5.74, 6) is 0.997. The summed E-state index contributed by atoms with van der Waals surface area (Å²) in [6.07, 6.45) is -0.589. The first-order valence-electron chi connectivity index (χ1n) is 5.17. The molecule has 16 heavy (non-hydrogen) atoms. The predicted octanol–water partition coefficient (Wildman–Crippen LogP) is 0.600. The molecule has 86 valence electrons. The van der Waals surface area contributed by atoms with Crippen molar-refractivity contribution in [1.29, 1.82) is 0 Å². The maximum Gasteiger partial charge on any atom is 0.231 e. The van der Waals surface area contributed by atoms with Crippen molar-refractivity contribution in [1.82, 2.24) is 4.90 Å². The van der Waals surface area contributed by atoms with Gasteiger partial charge in [0.25, 0.3) is 0 Å². The summed E-state index contributed by atoms with van der Waals surface area (Å²) in [6.45, 7) is 1.29. The number of hydrogen-bond donors (Lipinski definition) is 2. The fourth-order valence-electron chi connectivity index (χ4n) is 2.27. The molecule has 2 aliphatic heterocycles. The van der Waals surface area contributed by atoms with Crippen molar-refractivity contribution in [3.63, 3.8) is 0 Å². The maximum absolute atomic E-state index is 10.0. The van der Waals surface area contributed by atoms with Gasteiger partial charge in [-0.2, -0.15) is 0 Å². The topological polar surface area (TPSA) is 62.2 Å². The number of nitrogens with zero attached hydrogens (tertiary/aromatic N) is 1. The lowest BCUT2D eigenvalue weighted by Gasteiger charge is -2.29. The van der Waals surface area contributed by atoms with Crippen LogP contribution < -0.4 is 9.47 Å². The molecule has 0 amide bonds. The predicted molar refractivity (Wildman–Crippen MR) is 55.5 cm³/mol. The molecule has 2 heterocycles. The SMILES string of the molecule is CN1Cc2c(cc3c(c2O)OCO3)C(O)C1. The Bertz CT molecular complexity index is 446. The normalized spacial score (nSPS) is 23.2.